The molecule has 0 aliphatic carbocycles. The number of rotatable bonds is 1. The Hall–Kier alpha value is -1.58. The molecule has 0 N–H and O–H groups in total. The van der Waals surface area contributed by atoms with Crippen LogP contribution in [0.2, 0.25) is 0 Å². The molecule has 0 spiro atoms. The highest BCUT2D eigenvalue weighted by Crippen LogP contribution is 2.08. The quantitative estimate of drug-likeness (QED) is 0.599. The fourth-order valence-electron chi connectivity index (χ4n) is 0.781. The van der Waals surface area contributed by atoms with E-state index in [-0.39, 0.29) is 5.71 Å². The lowest BCUT2D eigenvalue weighted by Gasteiger charge is -2.18. The second kappa shape index (κ2) is 4.09. The van der Waals surface area contributed by atoms with Gasteiger partial charge in [0.05, 0.1) is 0 Å². The summed E-state index contributed by atoms with van der Waals surface area (Å²) in [6.45, 7) is 5.39. The van der Waals surface area contributed by atoms with Gasteiger partial charge in [-0.15, -0.1) is 0 Å². The Morgan fingerprint density at radius 1 is 1.43 bits per heavy atom. The minimum atomic E-state index is -0.521. The van der Waals surface area contributed by atoms with Gasteiger partial charge in [0.2, 0.25) is 0 Å². The lowest BCUT2D eigenvalue weighted by atomic mass is 10.2. The molecule has 0 saturated heterocycles. The Bertz CT molecular complexity index is 308. The van der Waals surface area contributed by atoms with Crippen LogP contribution in [0.25, 0.3) is 0 Å². The molecule has 0 fully saturated rings. The van der Waals surface area contributed by atoms with Crippen LogP contribution in [-0.4, -0.2) is 17.3 Å². The Labute approximate surface area is 82.9 Å². The van der Waals surface area contributed by atoms with Crippen molar-refractivity contribution in [3.63, 3.8) is 0 Å². The van der Waals surface area contributed by atoms with Crippen LogP contribution in [0.3, 0.4) is 0 Å². The SMILES string of the molecule is CC(C)(C)OC(=O)C1=NOC=CC=C1. The van der Waals surface area contributed by atoms with Crippen LogP contribution in [0.15, 0.2) is 29.6 Å². The zero-order chi connectivity index (χ0) is 10.6. The van der Waals surface area contributed by atoms with Crippen LogP contribution in [0.4, 0.5) is 0 Å². The highest BCUT2D eigenvalue weighted by atomic mass is 16.6. The maximum absolute atomic E-state index is 11.5. The molecule has 1 aliphatic rings. The monoisotopic (exact) mass is 195 g/mol. The van der Waals surface area contributed by atoms with Gasteiger partial charge in [0.25, 0.3) is 0 Å². The summed E-state index contributed by atoms with van der Waals surface area (Å²) in [5.41, 5.74) is -0.363. The highest BCUT2D eigenvalue weighted by Gasteiger charge is 2.20. The molecule has 0 unspecified atom stereocenters. The lowest BCUT2D eigenvalue weighted by Crippen LogP contribution is -2.28. The van der Waals surface area contributed by atoms with Crippen molar-refractivity contribution < 1.29 is 14.4 Å². The molecule has 0 bridgehead atoms. The Morgan fingerprint density at radius 3 is 2.79 bits per heavy atom. The summed E-state index contributed by atoms with van der Waals surface area (Å²) in [7, 11) is 0. The van der Waals surface area contributed by atoms with E-state index in [0.717, 1.165) is 0 Å². The molecule has 4 nitrogen and oxygen atoms in total. The molecule has 0 saturated carbocycles. The van der Waals surface area contributed by atoms with Gasteiger partial charge in [0.15, 0.2) is 5.71 Å². The van der Waals surface area contributed by atoms with Gasteiger partial charge >= 0.3 is 5.97 Å². The van der Waals surface area contributed by atoms with E-state index in [2.05, 4.69) is 9.99 Å². The Balaban J connectivity index is 2.66. The molecular formula is C10H13NO3. The van der Waals surface area contributed by atoms with E-state index >= 15 is 0 Å². The first-order chi connectivity index (χ1) is 6.49. The van der Waals surface area contributed by atoms with E-state index in [4.69, 9.17) is 4.74 Å². The molecule has 0 aromatic rings. The van der Waals surface area contributed by atoms with E-state index < -0.39 is 11.6 Å². The average molecular weight is 195 g/mol. The average Bonchev–Trinajstić information content (AvgIpc) is 2.27. The number of hydrogen-bond acceptors (Lipinski definition) is 4. The minimum Gasteiger partial charge on any atom is -0.455 e. The number of esters is 1. The minimum absolute atomic E-state index is 0.157. The molecule has 14 heavy (non-hydrogen) atoms. The number of hydrogen-bond donors (Lipinski definition) is 0. The second-order valence-corrected chi connectivity index (χ2v) is 3.77. The predicted molar refractivity (Wildman–Crippen MR) is 52.6 cm³/mol. The third-order valence-corrected chi connectivity index (χ3v) is 1.26. The van der Waals surface area contributed by atoms with Gasteiger partial charge < -0.3 is 9.57 Å². The van der Waals surface area contributed by atoms with Gasteiger partial charge in [-0.1, -0.05) is 11.2 Å². The number of carbonyl (C=O) groups is 1. The molecule has 4 heteroatoms. The van der Waals surface area contributed by atoms with Crippen LogP contribution < -0.4 is 0 Å². The van der Waals surface area contributed by atoms with Crippen LogP contribution in [0.5, 0.6) is 0 Å². The summed E-state index contributed by atoms with van der Waals surface area (Å²) in [5, 5.41) is 3.58. The highest BCUT2D eigenvalue weighted by molar-refractivity contribution is 6.41. The van der Waals surface area contributed by atoms with E-state index in [0.29, 0.717) is 0 Å². The third-order valence-electron chi connectivity index (χ3n) is 1.26. The molecule has 0 amide bonds. The lowest BCUT2D eigenvalue weighted by molar-refractivity contribution is -0.146. The topological polar surface area (TPSA) is 47.9 Å². The van der Waals surface area contributed by atoms with Gasteiger partial charge in [-0.3, -0.25) is 0 Å². The zero-order valence-electron chi connectivity index (χ0n) is 8.48. The van der Waals surface area contributed by atoms with Crippen molar-refractivity contribution in [2.75, 3.05) is 0 Å². The predicted octanol–water partition coefficient (Wildman–Crippen LogP) is 1.78. The number of nitrogens with zero attached hydrogens (tertiary/aromatic N) is 1. The smallest absolute Gasteiger partial charge is 0.360 e. The van der Waals surface area contributed by atoms with Crippen molar-refractivity contribution in [2.45, 2.75) is 26.4 Å². The van der Waals surface area contributed by atoms with Crippen molar-refractivity contribution in [2.24, 2.45) is 5.16 Å². The van der Waals surface area contributed by atoms with Gasteiger partial charge in [-0.05, 0) is 32.9 Å². The van der Waals surface area contributed by atoms with E-state index in [1.165, 1.54) is 12.3 Å². The molecule has 0 aromatic carbocycles. The summed E-state index contributed by atoms with van der Waals surface area (Å²) < 4.78 is 5.10. The molecule has 76 valence electrons. The zero-order valence-corrected chi connectivity index (χ0v) is 8.48. The number of oxime groups is 1. The van der Waals surface area contributed by atoms with Gasteiger partial charge in [0.1, 0.15) is 11.9 Å². The first kappa shape index (κ1) is 10.5. The first-order valence-electron chi connectivity index (χ1n) is 4.29. The molecule has 0 radical (unpaired) electrons. The fraction of sp³-hybridized carbons (Fsp3) is 0.400. The van der Waals surface area contributed by atoms with Gasteiger partial charge in [0, 0.05) is 0 Å². The van der Waals surface area contributed by atoms with Crippen molar-refractivity contribution in [3.05, 3.63) is 24.5 Å². The van der Waals surface area contributed by atoms with Crippen molar-refractivity contribution >= 4 is 11.7 Å². The van der Waals surface area contributed by atoms with Crippen LogP contribution in [0, 0.1) is 0 Å². The summed E-state index contributed by atoms with van der Waals surface area (Å²) >= 11 is 0. The molecular weight excluding hydrogens is 182 g/mol. The normalized spacial score (nSPS) is 15.5. The summed E-state index contributed by atoms with van der Waals surface area (Å²) in [6, 6.07) is 0. The summed E-state index contributed by atoms with van der Waals surface area (Å²) in [5.74, 6) is -0.488. The van der Waals surface area contributed by atoms with E-state index in [1.807, 2.05) is 0 Å². The van der Waals surface area contributed by atoms with Crippen LogP contribution >= 0.6 is 0 Å². The van der Waals surface area contributed by atoms with E-state index in [1.54, 1.807) is 32.9 Å². The van der Waals surface area contributed by atoms with Crippen molar-refractivity contribution in [1.82, 2.24) is 0 Å². The van der Waals surface area contributed by atoms with Crippen molar-refractivity contribution in [1.29, 1.82) is 0 Å². The van der Waals surface area contributed by atoms with E-state index in [9.17, 15) is 4.79 Å². The van der Waals surface area contributed by atoms with Crippen molar-refractivity contribution in [3.8, 4) is 0 Å². The maximum Gasteiger partial charge on any atom is 0.360 e. The molecule has 1 aliphatic heterocycles. The van der Waals surface area contributed by atoms with Crippen LogP contribution in [-0.2, 0) is 14.4 Å². The third kappa shape index (κ3) is 3.43. The fourth-order valence-corrected chi connectivity index (χ4v) is 0.781. The molecule has 1 rings (SSSR count). The largest absolute Gasteiger partial charge is 0.455 e. The summed E-state index contributed by atoms with van der Waals surface area (Å²) in [6.07, 6.45) is 6.22. The Kier molecular flexibility index (Phi) is 3.06. The molecule has 1 heterocycles. The summed E-state index contributed by atoms with van der Waals surface area (Å²) in [4.78, 5) is 16.1. The number of ether oxygens (including phenoxy) is 1. The number of carbonyl (C=O) groups excluding carboxylic acids is 1. The number of allylic oxidation sites excluding steroid dienone is 2. The van der Waals surface area contributed by atoms with Gasteiger partial charge in [-0.2, -0.15) is 0 Å². The molecule has 0 aromatic heterocycles. The second-order valence-electron chi connectivity index (χ2n) is 3.77. The first-order valence-corrected chi connectivity index (χ1v) is 4.29. The maximum atomic E-state index is 11.5. The molecule has 0 atom stereocenters. The van der Waals surface area contributed by atoms with Gasteiger partial charge in [-0.25, -0.2) is 4.79 Å². The van der Waals surface area contributed by atoms with Crippen LogP contribution in [0.1, 0.15) is 20.8 Å². The standard InChI is InChI=1S/C10H13NO3/c1-10(2,3)14-9(12)8-6-4-5-7-13-11-8/h4-7H,1-3H3. The Morgan fingerprint density at radius 2 is 2.14 bits per heavy atom.